The minimum atomic E-state index is 0.207. The molecule has 0 saturated heterocycles. The lowest BCUT2D eigenvalue weighted by molar-refractivity contribution is -0.428. The molecule has 1 rings (SSSR count). The summed E-state index contributed by atoms with van der Waals surface area (Å²) in [5.41, 5.74) is 5.19. The molecule has 0 fully saturated rings. The van der Waals surface area contributed by atoms with Gasteiger partial charge in [0.2, 0.25) is 0 Å². The van der Waals surface area contributed by atoms with E-state index in [0.29, 0.717) is 0 Å². The number of thioether (sulfide) groups is 1. The molecule has 3 heteroatoms. The molecule has 0 saturated carbocycles. The zero-order valence-corrected chi connectivity index (χ0v) is 8.68. The van der Waals surface area contributed by atoms with Crippen molar-refractivity contribution in [2.24, 2.45) is 0 Å². The number of aliphatic hydroxyl groups is 1. The van der Waals surface area contributed by atoms with Gasteiger partial charge in [-0.15, -0.1) is 11.8 Å². The summed E-state index contributed by atoms with van der Waals surface area (Å²) >= 11 is 1.73. The lowest BCUT2D eigenvalue weighted by Crippen LogP contribution is -2.53. The van der Waals surface area contributed by atoms with Crippen molar-refractivity contribution in [1.82, 2.24) is 0 Å². The van der Waals surface area contributed by atoms with E-state index in [-0.39, 0.29) is 12.6 Å². The Balaban J connectivity index is 2.67. The first-order valence-corrected chi connectivity index (χ1v) is 5.58. The zero-order valence-electron chi connectivity index (χ0n) is 7.86. The van der Waals surface area contributed by atoms with Gasteiger partial charge in [-0.25, -0.2) is 0 Å². The van der Waals surface area contributed by atoms with Crippen LogP contribution in [0.15, 0.2) is 29.2 Å². The van der Waals surface area contributed by atoms with Crippen molar-refractivity contribution in [3.63, 3.8) is 0 Å². The summed E-state index contributed by atoms with van der Waals surface area (Å²) < 4.78 is 0. The summed E-state index contributed by atoms with van der Waals surface area (Å²) in [4.78, 5) is 1.26. The van der Waals surface area contributed by atoms with Crippen molar-refractivity contribution in [2.45, 2.75) is 17.4 Å². The van der Waals surface area contributed by atoms with Crippen molar-refractivity contribution in [1.29, 1.82) is 0 Å². The van der Waals surface area contributed by atoms with Crippen LogP contribution in [0, 0.1) is 0 Å². The minimum absolute atomic E-state index is 0.207. The van der Waals surface area contributed by atoms with Crippen LogP contribution in [-0.4, -0.2) is 18.0 Å². The van der Waals surface area contributed by atoms with Crippen LogP contribution in [0.2, 0.25) is 0 Å². The Kier molecular flexibility index (Phi) is 4.28. The normalized spacial score (nSPS) is 12.8. The van der Waals surface area contributed by atoms with Crippen LogP contribution in [-0.2, 0) is 0 Å². The quantitative estimate of drug-likeness (QED) is 0.711. The Morgan fingerprint density at radius 2 is 2.00 bits per heavy atom. The molecule has 0 aromatic heterocycles. The summed E-state index contributed by atoms with van der Waals surface area (Å²) in [6, 6.07) is 8.56. The summed E-state index contributed by atoms with van der Waals surface area (Å²) in [6.07, 6.45) is 2.79. The van der Waals surface area contributed by atoms with Gasteiger partial charge in [0, 0.05) is 23.5 Å². The predicted octanol–water partition coefficient (Wildman–Crippen LogP) is 1.07. The van der Waals surface area contributed by atoms with E-state index < -0.39 is 0 Å². The monoisotopic (exact) mass is 198 g/mol. The largest absolute Gasteiger partial charge is 0.396 e. The summed E-state index contributed by atoms with van der Waals surface area (Å²) in [5, 5.41) is 8.75. The molecule has 0 aliphatic rings. The molecule has 0 bridgehead atoms. The van der Waals surface area contributed by atoms with Gasteiger partial charge in [-0.1, -0.05) is 12.1 Å². The van der Waals surface area contributed by atoms with E-state index in [9.17, 15) is 0 Å². The van der Waals surface area contributed by atoms with E-state index in [1.54, 1.807) is 11.8 Å². The molecule has 0 aliphatic heterocycles. The molecule has 0 aliphatic carbocycles. The SMILES string of the molecule is CSc1ccc([C@@H]([NH3+])CCO)cc1. The topological polar surface area (TPSA) is 47.9 Å². The van der Waals surface area contributed by atoms with Gasteiger partial charge in [-0.05, 0) is 18.4 Å². The second-order valence-electron chi connectivity index (χ2n) is 2.98. The molecule has 72 valence electrons. The Hall–Kier alpha value is -0.510. The van der Waals surface area contributed by atoms with E-state index >= 15 is 0 Å². The Labute approximate surface area is 83.1 Å². The number of aliphatic hydroxyl groups excluding tert-OH is 1. The first kappa shape index (κ1) is 10.6. The second-order valence-corrected chi connectivity index (χ2v) is 3.86. The fourth-order valence-corrected chi connectivity index (χ4v) is 1.61. The lowest BCUT2D eigenvalue weighted by Gasteiger charge is -2.07. The molecule has 0 unspecified atom stereocenters. The molecular weight excluding hydrogens is 182 g/mol. The van der Waals surface area contributed by atoms with E-state index in [1.165, 1.54) is 10.5 Å². The molecule has 0 radical (unpaired) electrons. The van der Waals surface area contributed by atoms with E-state index in [4.69, 9.17) is 5.11 Å². The molecule has 2 nitrogen and oxygen atoms in total. The number of hydrogen-bond acceptors (Lipinski definition) is 2. The third kappa shape index (κ3) is 3.03. The van der Waals surface area contributed by atoms with E-state index in [0.717, 1.165) is 6.42 Å². The Morgan fingerprint density at radius 1 is 1.38 bits per heavy atom. The first-order valence-electron chi connectivity index (χ1n) is 4.36. The van der Waals surface area contributed by atoms with E-state index in [2.05, 4.69) is 36.3 Å². The molecule has 0 heterocycles. The molecule has 1 aromatic rings. The number of quaternary nitrogens is 1. The van der Waals surface area contributed by atoms with Gasteiger partial charge in [0.15, 0.2) is 0 Å². The average molecular weight is 198 g/mol. The zero-order chi connectivity index (χ0) is 9.68. The highest BCUT2D eigenvalue weighted by atomic mass is 32.2. The van der Waals surface area contributed by atoms with Crippen molar-refractivity contribution in [3.8, 4) is 0 Å². The molecule has 1 atom stereocenters. The fraction of sp³-hybridized carbons (Fsp3) is 0.400. The smallest absolute Gasteiger partial charge is 0.112 e. The number of rotatable bonds is 4. The highest BCUT2D eigenvalue weighted by molar-refractivity contribution is 7.98. The summed E-state index contributed by atoms with van der Waals surface area (Å²) in [5.74, 6) is 0. The van der Waals surface area contributed by atoms with Crippen molar-refractivity contribution >= 4 is 11.8 Å². The first-order chi connectivity index (χ1) is 6.27. The standard InChI is InChI=1S/C10H15NOS/c1-13-9-4-2-8(3-5-9)10(11)6-7-12/h2-5,10,12H,6-7,11H2,1H3/p+1/t10-/m0/s1. The van der Waals surface area contributed by atoms with Gasteiger partial charge in [-0.3, -0.25) is 0 Å². The number of benzene rings is 1. The summed E-state index contributed by atoms with van der Waals surface area (Å²) in [7, 11) is 0. The van der Waals surface area contributed by atoms with Crippen LogP contribution in [0.5, 0.6) is 0 Å². The highest BCUT2D eigenvalue weighted by Crippen LogP contribution is 2.18. The van der Waals surface area contributed by atoms with Crippen LogP contribution >= 0.6 is 11.8 Å². The predicted molar refractivity (Wildman–Crippen MR) is 55.6 cm³/mol. The van der Waals surface area contributed by atoms with Crippen LogP contribution < -0.4 is 5.73 Å². The van der Waals surface area contributed by atoms with Gasteiger partial charge in [0.25, 0.3) is 0 Å². The van der Waals surface area contributed by atoms with Gasteiger partial charge in [-0.2, -0.15) is 0 Å². The molecule has 13 heavy (non-hydrogen) atoms. The maximum absolute atomic E-state index is 8.75. The van der Waals surface area contributed by atoms with Gasteiger partial charge in [0.1, 0.15) is 6.04 Å². The van der Waals surface area contributed by atoms with Gasteiger partial charge < -0.3 is 10.8 Å². The van der Waals surface area contributed by atoms with Crippen LogP contribution in [0.4, 0.5) is 0 Å². The molecule has 4 N–H and O–H groups in total. The lowest BCUT2D eigenvalue weighted by atomic mass is 10.1. The second kappa shape index (κ2) is 5.27. The van der Waals surface area contributed by atoms with Crippen molar-refractivity contribution in [2.75, 3.05) is 12.9 Å². The van der Waals surface area contributed by atoms with Gasteiger partial charge in [0.05, 0.1) is 0 Å². The van der Waals surface area contributed by atoms with Crippen LogP contribution in [0.1, 0.15) is 18.0 Å². The fourth-order valence-electron chi connectivity index (χ4n) is 1.20. The number of hydrogen-bond donors (Lipinski definition) is 2. The van der Waals surface area contributed by atoms with Crippen LogP contribution in [0.25, 0.3) is 0 Å². The molecular formula is C10H16NOS+. The summed E-state index contributed by atoms with van der Waals surface area (Å²) in [6.45, 7) is 0.207. The third-order valence-corrected chi connectivity index (χ3v) is 2.81. The highest BCUT2D eigenvalue weighted by Gasteiger charge is 2.07. The van der Waals surface area contributed by atoms with Gasteiger partial charge >= 0.3 is 0 Å². The molecule has 1 aromatic carbocycles. The van der Waals surface area contributed by atoms with E-state index in [1.807, 2.05) is 0 Å². The minimum Gasteiger partial charge on any atom is -0.396 e. The van der Waals surface area contributed by atoms with Crippen molar-refractivity contribution in [3.05, 3.63) is 29.8 Å². The van der Waals surface area contributed by atoms with Crippen molar-refractivity contribution < 1.29 is 10.8 Å². The van der Waals surface area contributed by atoms with Crippen LogP contribution in [0.3, 0.4) is 0 Å². The average Bonchev–Trinajstić information content (AvgIpc) is 2.18. The maximum atomic E-state index is 8.75. The maximum Gasteiger partial charge on any atom is 0.112 e. The Bertz CT molecular complexity index is 248. The third-order valence-electron chi connectivity index (χ3n) is 2.06. The molecule has 0 spiro atoms. The molecule has 0 amide bonds. The Morgan fingerprint density at radius 3 is 2.46 bits per heavy atom.